The van der Waals surface area contributed by atoms with Gasteiger partial charge in [0.2, 0.25) is 5.89 Å². The molecule has 1 aromatic carbocycles. The van der Waals surface area contributed by atoms with Crippen LogP contribution in [-0.4, -0.2) is 37.8 Å². The van der Waals surface area contributed by atoms with Crippen LogP contribution in [0.4, 0.5) is 10.1 Å². The fourth-order valence-corrected chi connectivity index (χ4v) is 4.68. The van der Waals surface area contributed by atoms with Crippen molar-refractivity contribution >= 4 is 28.3 Å². The van der Waals surface area contributed by atoms with Gasteiger partial charge < -0.3 is 9.42 Å². The fourth-order valence-electron chi connectivity index (χ4n) is 4.54. The summed E-state index contributed by atoms with van der Waals surface area (Å²) in [7, 11) is 0. The molecule has 10 heteroatoms. The van der Waals surface area contributed by atoms with E-state index in [-0.39, 0.29) is 29.0 Å². The number of hydrogen-bond donors (Lipinski definition) is 0. The lowest BCUT2D eigenvalue weighted by atomic mass is 10.2. The maximum atomic E-state index is 13.5. The zero-order valence-electron chi connectivity index (χ0n) is 16.2. The number of benzene rings is 1. The van der Waals surface area contributed by atoms with Crippen molar-refractivity contribution in [2.24, 2.45) is 11.8 Å². The van der Waals surface area contributed by atoms with E-state index in [1.807, 2.05) is 6.07 Å². The first-order valence-electron chi connectivity index (χ1n) is 9.91. The van der Waals surface area contributed by atoms with E-state index in [2.05, 4.69) is 25.0 Å². The number of piperidine rings is 1. The van der Waals surface area contributed by atoms with E-state index in [9.17, 15) is 9.18 Å². The maximum absolute atomic E-state index is 13.5. The van der Waals surface area contributed by atoms with Crippen LogP contribution < -0.4 is 10.5 Å². The Morgan fingerprint density at radius 3 is 2.81 bits per heavy atom. The van der Waals surface area contributed by atoms with E-state index in [1.165, 1.54) is 17.0 Å². The highest BCUT2D eigenvalue weighted by molar-refractivity contribution is 6.29. The summed E-state index contributed by atoms with van der Waals surface area (Å²) < 4.78 is 20.3. The van der Waals surface area contributed by atoms with Crippen LogP contribution in [0.1, 0.15) is 17.6 Å². The topological polar surface area (TPSA) is 89.9 Å². The minimum atomic E-state index is -0.247. The third-order valence-corrected chi connectivity index (χ3v) is 6.32. The molecule has 2 atom stereocenters. The third-order valence-electron chi connectivity index (χ3n) is 6.11. The highest BCUT2D eigenvalue weighted by Crippen LogP contribution is 2.57. The van der Waals surface area contributed by atoms with Crippen molar-refractivity contribution in [2.45, 2.75) is 12.5 Å². The van der Waals surface area contributed by atoms with Gasteiger partial charge in [-0.15, -0.1) is 0 Å². The van der Waals surface area contributed by atoms with Crippen LogP contribution in [0.2, 0.25) is 5.15 Å². The first kappa shape index (κ1) is 18.4. The molecule has 3 aromatic heterocycles. The number of halogens is 2. The number of pyridine rings is 1. The Kier molecular flexibility index (Phi) is 4.07. The molecule has 0 bridgehead atoms. The molecule has 1 aliphatic heterocycles. The highest BCUT2D eigenvalue weighted by atomic mass is 35.5. The molecule has 1 saturated heterocycles. The quantitative estimate of drug-likeness (QED) is 0.452. The normalized spacial score (nSPS) is 22.1. The molecule has 2 aliphatic rings. The molecule has 0 N–H and O–H groups in total. The average molecular weight is 439 g/mol. The molecular weight excluding hydrogens is 423 g/mol. The van der Waals surface area contributed by atoms with Gasteiger partial charge in [0, 0.05) is 24.7 Å². The van der Waals surface area contributed by atoms with Gasteiger partial charge in [-0.25, -0.2) is 14.4 Å². The molecule has 156 valence electrons. The zero-order chi connectivity index (χ0) is 21.1. The van der Waals surface area contributed by atoms with E-state index in [4.69, 9.17) is 16.1 Å². The van der Waals surface area contributed by atoms with E-state index in [0.29, 0.717) is 34.6 Å². The van der Waals surface area contributed by atoms with Gasteiger partial charge in [-0.3, -0.25) is 9.36 Å². The maximum Gasteiger partial charge on any atom is 0.263 e. The molecule has 1 aliphatic carbocycles. The Labute approximate surface area is 180 Å². The molecule has 8 nitrogen and oxygen atoms in total. The van der Waals surface area contributed by atoms with Crippen LogP contribution >= 0.6 is 11.6 Å². The second-order valence-electron chi connectivity index (χ2n) is 7.97. The van der Waals surface area contributed by atoms with Crippen LogP contribution in [0, 0.1) is 17.7 Å². The number of rotatable bonds is 4. The second-order valence-corrected chi connectivity index (χ2v) is 8.35. The van der Waals surface area contributed by atoms with Crippen LogP contribution in [0.5, 0.6) is 0 Å². The summed E-state index contributed by atoms with van der Waals surface area (Å²) in [5.74, 6) is 1.88. The van der Waals surface area contributed by atoms with Crippen molar-refractivity contribution < 1.29 is 8.91 Å². The molecule has 4 aromatic rings. The van der Waals surface area contributed by atoms with E-state index < -0.39 is 0 Å². The van der Waals surface area contributed by atoms with Gasteiger partial charge in [0.05, 0.1) is 5.39 Å². The molecular formula is C21H16ClFN6O2. The summed E-state index contributed by atoms with van der Waals surface area (Å²) in [4.78, 5) is 27.6. The number of hydrogen-bond acceptors (Lipinski definition) is 7. The fraction of sp³-hybridized carbons (Fsp3) is 0.286. The van der Waals surface area contributed by atoms with Gasteiger partial charge >= 0.3 is 0 Å². The van der Waals surface area contributed by atoms with Gasteiger partial charge in [0.1, 0.15) is 23.8 Å². The molecule has 0 radical (unpaired) electrons. The Balaban J connectivity index is 1.16. The molecule has 1 saturated carbocycles. The second kappa shape index (κ2) is 6.84. The van der Waals surface area contributed by atoms with Gasteiger partial charge in [0.25, 0.3) is 5.56 Å². The van der Waals surface area contributed by atoms with Crippen LogP contribution in [0.15, 0.2) is 52.0 Å². The molecule has 0 amide bonds. The molecule has 2 fully saturated rings. The van der Waals surface area contributed by atoms with Crippen LogP contribution in [-0.2, 0) is 6.54 Å². The summed E-state index contributed by atoms with van der Waals surface area (Å²) >= 11 is 5.86. The smallest absolute Gasteiger partial charge is 0.263 e. The Bertz CT molecular complexity index is 1360. The monoisotopic (exact) mass is 438 g/mol. The SMILES string of the molecule is O=c1c2ccc(Cl)nc2ncn1Cc1nc(C2C3CN(c4cccc(F)c4)CC32)no1. The molecule has 0 spiro atoms. The van der Waals surface area contributed by atoms with Crippen molar-refractivity contribution in [1.29, 1.82) is 0 Å². The van der Waals surface area contributed by atoms with Gasteiger partial charge in [-0.2, -0.15) is 4.98 Å². The summed E-state index contributed by atoms with van der Waals surface area (Å²) in [5, 5.41) is 4.80. The molecule has 2 unspecified atom stereocenters. The van der Waals surface area contributed by atoms with Crippen LogP contribution in [0.25, 0.3) is 11.0 Å². The predicted octanol–water partition coefficient (Wildman–Crippen LogP) is 2.87. The standard InChI is InChI=1S/C21H16ClFN6O2/c22-16-5-4-13-19(25-16)24-10-29(21(13)30)9-17-26-20(27-31-17)18-14-7-28(8-15(14)18)12-3-1-2-11(23)6-12/h1-6,10,14-15,18H,7-9H2. The zero-order valence-corrected chi connectivity index (χ0v) is 16.9. The van der Waals surface area contributed by atoms with E-state index >= 15 is 0 Å². The Morgan fingerprint density at radius 2 is 2.00 bits per heavy atom. The van der Waals surface area contributed by atoms with Gasteiger partial charge in [0.15, 0.2) is 11.5 Å². The Morgan fingerprint density at radius 1 is 1.16 bits per heavy atom. The third kappa shape index (κ3) is 3.16. The largest absolute Gasteiger partial charge is 0.371 e. The van der Waals surface area contributed by atoms with Crippen molar-refractivity contribution in [3.05, 3.63) is 75.8 Å². The molecule has 4 heterocycles. The summed E-state index contributed by atoms with van der Waals surface area (Å²) in [5.41, 5.74) is 0.954. The average Bonchev–Trinajstić information content (AvgIpc) is 3.08. The van der Waals surface area contributed by atoms with Gasteiger partial charge in [-0.05, 0) is 42.2 Å². The van der Waals surface area contributed by atoms with Crippen molar-refractivity contribution in [2.75, 3.05) is 18.0 Å². The summed E-state index contributed by atoms with van der Waals surface area (Å²) in [6, 6.07) is 9.82. The summed E-state index contributed by atoms with van der Waals surface area (Å²) in [6.45, 7) is 1.81. The predicted molar refractivity (Wildman–Crippen MR) is 111 cm³/mol. The summed E-state index contributed by atoms with van der Waals surface area (Å²) in [6.07, 6.45) is 1.40. The first-order valence-corrected chi connectivity index (χ1v) is 10.3. The molecule has 6 rings (SSSR count). The lowest BCUT2D eigenvalue weighted by Crippen LogP contribution is -2.23. The lowest BCUT2D eigenvalue weighted by molar-refractivity contribution is 0.363. The van der Waals surface area contributed by atoms with Crippen molar-refractivity contribution in [1.82, 2.24) is 24.7 Å². The van der Waals surface area contributed by atoms with Gasteiger partial charge in [-0.1, -0.05) is 22.8 Å². The number of nitrogens with zero attached hydrogens (tertiary/aromatic N) is 6. The number of aromatic nitrogens is 5. The van der Waals surface area contributed by atoms with E-state index in [0.717, 1.165) is 18.8 Å². The highest BCUT2D eigenvalue weighted by Gasteiger charge is 2.58. The minimum Gasteiger partial charge on any atom is -0.371 e. The number of anilines is 1. The lowest BCUT2D eigenvalue weighted by Gasteiger charge is -2.21. The van der Waals surface area contributed by atoms with E-state index in [1.54, 1.807) is 24.3 Å². The minimum absolute atomic E-state index is 0.134. The van der Waals surface area contributed by atoms with Crippen molar-refractivity contribution in [3.8, 4) is 0 Å². The van der Waals surface area contributed by atoms with Crippen molar-refractivity contribution in [3.63, 3.8) is 0 Å². The first-order chi connectivity index (χ1) is 15.1. The number of fused-ring (bicyclic) bond motifs is 2. The van der Waals surface area contributed by atoms with Crippen LogP contribution in [0.3, 0.4) is 0 Å². The molecule has 31 heavy (non-hydrogen) atoms. The Hall–Kier alpha value is -3.33.